The maximum absolute atomic E-state index is 12.1. The molecule has 0 aliphatic heterocycles. The van der Waals surface area contributed by atoms with Gasteiger partial charge in [0.2, 0.25) is 5.28 Å². The minimum absolute atomic E-state index is 0.0686. The van der Waals surface area contributed by atoms with E-state index in [0.29, 0.717) is 5.56 Å². The van der Waals surface area contributed by atoms with E-state index in [4.69, 9.17) is 27.5 Å². The number of aliphatic hydroxyl groups excluding tert-OH is 3. The number of ether oxygens (including phenoxy) is 2. The van der Waals surface area contributed by atoms with Gasteiger partial charge in [0, 0.05) is 12.5 Å². The molecule has 0 aliphatic rings. The Morgan fingerprint density at radius 1 is 1.18 bits per heavy atom. The monoisotopic (exact) mass is 577 g/mol. The number of hydrogen-bond acceptors (Lipinski definition) is 11. The number of imidazole rings is 1. The number of benzene rings is 1. The smallest absolute Gasteiger partial charge is 0.348 e. The molecular formula is C25H28ClN5O9. The predicted octanol–water partition coefficient (Wildman–Crippen LogP) is 0.310. The molecule has 0 aliphatic carbocycles. The lowest BCUT2D eigenvalue weighted by atomic mass is 9.94. The van der Waals surface area contributed by atoms with Crippen LogP contribution in [-0.4, -0.2) is 101 Å². The first kappa shape index (κ1) is 30.7. The number of terminal acetylenes is 1. The minimum atomic E-state index is -2.70. The van der Waals surface area contributed by atoms with Crippen molar-refractivity contribution in [2.24, 2.45) is 0 Å². The van der Waals surface area contributed by atoms with Crippen molar-refractivity contribution in [3.63, 3.8) is 0 Å². The van der Waals surface area contributed by atoms with Gasteiger partial charge < -0.3 is 40.3 Å². The molecule has 0 saturated carbocycles. The molecule has 15 heteroatoms. The second kappa shape index (κ2) is 13.5. The Hall–Kier alpha value is -3.84. The summed E-state index contributed by atoms with van der Waals surface area (Å²) in [7, 11) is 0. The van der Waals surface area contributed by atoms with Gasteiger partial charge in [-0.25, -0.2) is 14.6 Å². The van der Waals surface area contributed by atoms with Crippen LogP contribution in [0.3, 0.4) is 0 Å². The topological polar surface area (TPSA) is 209 Å². The van der Waals surface area contributed by atoms with Gasteiger partial charge in [0.25, 0.3) is 5.60 Å². The Morgan fingerprint density at radius 3 is 2.42 bits per heavy atom. The number of halogens is 1. The van der Waals surface area contributed by atoms with Gasteiger partial charge in [-0.05, 0) is 24.1 Å². The molecule has 40 heavy (non-hydrogen) atoms. The number of carboxylic acid groups (broad SMARTS) is 2. The van der Waals surface area contributed by atoms with E-state index in [2.05, 4.69) is 26.2 Å². The molecule has 0 unspecified atom stereocenters. The average molecular weight is 578 g/mol. The number of nitrogens with one attached hydrogen (secondary N) is 1. The molecule has 14 nitrogen and oxygen atoms in total. The summed E-state index contributed by atoms with van der Waals surface area (Å²) >= 11 is 6.08. The highest BCUT2D eigenvalue weighted by atomic mass is 35.5. The van der Waals surface area contributed by atoms with Gasteiger partial charge in [-0.2, -0.15) is 9.97 Å². The lowest BCUT2D eigenvalue weighted by Crippen LogP contribution is -2.52. The van der Waals surface area contributed by atoms with Crippen LogP contribution in [0.25, 0.3) is 11.2 Å². The Bertz CT molecular complexity index is 1350. The van der Waals surface area contributed by atoms with Crippen molar-refractivity contribution >= 4 is 40.5 Å². The van der Waals surface area contributed by atoms with Crippen molar-refractivity contribution in [3.05, 3.63) is 47.5 Å². The molecular weight excluding hydrogens is 550 g/mol. The van der Waals surface area contributed by atoms with Gasteiger partial charge in [-0.15, -0.1) is 6.42 Å². The summed E-state index contributed by atoms with van der Waals surface area (Å²) in [6.07, 6.45) is 1.68. The summed E-state index contributed by atoms with van der Waals surface area (Å²) in [5.41, 5.74) is -2.06. The number of rotatable bonds is 15. The van der Waals surface area contributed by atoms with Crippen LogP contribution in [0.5, 0.6) is 0 Å². The third kappa shape index (κ3) is 6.83. The summed E-state index contributed by atoms with van der Waals surface area (Å²) in [5, 5.41) is 52.3. The number of hydrogen-bond donors (Lipinski definition) is 6. The standard InChI is InChI=1S/C25H28ClN5O9/c1-3-17(34)21(31-13-27-18-19(28-14(2)10-32)29-24(26)30-20(18)31)40-16(11-33)12-39-25(22(35)36,23(37)38)9-15-7-5-4-6-8-15/h1,4-8,13-14,16-17,21,32-34H,9-12H2,2H3,(H,35,36)(H,37,38)(H,28,29,30)/t14-,16-,17+,21+/m0/s1. The summed E-state index contributed by atoms with van der Waals surface area (Å²) < 4.78 is 12.4. The van der Waals surface area contributed by atoms with Gasteiger partial charge in [0.15, 0.2) is 29.3 Å². The number of fused-ring (bicyclic) bond motifs is 1. The highest BCUT2D eigenvalue weighted by molar-refractivity contribution is 6.28. The molecule has 0 fully saturated rings. The van der Waals surface area contributed by atoms with Crippen molar-refractivity contribution in [2.45, 2.75) is 43.4 Å². The maximum atomic E-state index is 12.1. The second-order valence-corrected chi connectivity index (χ2v) is 9.08. The van der Waals surface area contributed by atoms with E-state index in [-0.39, 0.29) is 28.9 Å². The average Bonchev–Trinajstić information content (AvgIpc) is 3.35. The lowest BCUT2D eigenvalue weighted by molar-refractivity contribution is -0.195. The van der Waals surface area contributed by atoms with E-state index in [9.17, 15) is 35.1 Å². The van der Waals surface area contributed by atoms with E-state index in [1.54, 1.807) is 37.3 Å². The van der Waals surface area contributed by atoms with Crippen molar-refractivity contribution in [1.82, 2.24) is 19.5 Å². The highest BCUT2D eigenvalue weighted by Crippen LogP contribution is 2.27. The zero-order valence-electron chi connectivity index (χ0n) is 21.2. The summed E-state index contributed by atoms with van der Waals surface area (Å²) in [6, 6.07) is 7.59. The maximum Gasteiger partial charge on any atom is 0.348 e. The van der Waals surface area contributed by atoms with E-state index in [1.165, 1.54) is 10.9 Å². The van der Waals surface area contributed by atoms with Crippen LogP contribution in [0.2, 0.25) is 5.28 Å². The first-order chi connectivity index (χ1) is 19.1. The number of nitrogens with zero attached hydrogens (tertiary/aromatic N) is 4. The van der Waals surface area contributed by atoms with E-state index >= 15 is 0 Å². The first-order valence-electron chi connectivity index (χ1n) is 11.9. The normalized spacial score (nSPS) is 14.7. The molecule has 4 atom stereocenters. The van der Waals surface area contributed by atoms with Crippen molar-refractivity contribution in [1.29, 1.82) is 0 Å². The number of aliphatic hydroxyl groups is 3. The van der Waals surface area contributed by atoms with Gasteiger partial charge in [0.05, 0.1) is 26.1 Å². The molecule has 0 bridgehead atoms. The van der Waals surface area contributed by atoms with Crippen LogP contribution in [0.1, 0.15) is 18.7 Å². The first-order valence-corrected chi connectivity index (χ1v) is 12.3. The number of aromatic nitrogens is 4. The van der Waals surface area contributed by atoms with Crippen molar-refractivity contribution in [3.8, 4) is 12.3 Å². The fourth-order valence-corrected chi connectivity index (χ4v) is 3.86. The number of anilines is 1. The van der Waals surface area contributed by atoms with Gasteiger partial charge in [-0.1, -0.05) is 36.3 Å². The molecule has 0 radical (unpaired) electrons. The summed E-state index contributed by atoms with van der Waals surface area (Å²) in [5.74, 6) is -1.23. The van der Waals surface area contributed by atoms with Gasteiger partial charge in [-0.3, -0.25) is 4.57 Å². The van der Waals surface area contributed by atoms with Crippen LogP contribution < -0.4 is 5.32 Å². The molecule has 0 saturated heterocycles. The quantitative estimate of drug-likeness (QED) is 0.0817. The highest BCUT2D eigenvalue weighted by Gasteiger charge is 2.49. The molecule has 2 aromatic heterocycles. The number of carbonyl (C=O) groups is 2. The number of aliphatic carboxylic acids is 2. The predicted molar refractivity (Wildman–Crippen MR) is 140 cm³/mol. The zero-order valence-corrected chi connectivity index (χ0v) is 22.0. The Morgan fingerprint density at radius 2 is 1.85 bits per heavy atom. The molecule has 3 rings (SSSR count). The Labute approximate surface area is 233 Å². The number of carboxylic acids is 2. The molecule has 3 aromatic rings. The van der Waals surface area contributed by atoms with Crippen molar-refractivity contribution < 1.29 is 44.6 Å². The summed E-state index contributed by atoms with van der Waals surface area (Å²) in [6.45, 7) is -0.0106. The van der Waals surface area contributed by atoms with Crippen LogP contribution in [0, 0.1) is 12.3 Å². The van der Waals surface area contributed by atoms with Crippen LogP contribution >= 0.6 is 11.6 Å². The minimum Gasteiger partial charge on any atom is -0.479 e. The molecule has 0 amide bonds. The molecule has 0 spiro atoms. The fraction of sp³-hybridized carbons (Fsp3) is 0.400. The third-order valence-electron chi connectivity index (χ3n) is 5.80. The van der Waals surface area contributed by atoms with Gasteiger partial charge in [0.1, 0.15) is 6.10 Å². The third-order valence-corrected chi connectivity index (χ3v) is 5.97. The van der Waals surface area contributed by atoms with Gasteiger partial charge >= 0.3 is 11.9 Å². The lowest BCUT2D eigenvalue weighted by Gasteiger charge is -2.30. The second-order valence-electron chi connectivity index (χ2n) is 8.75. The van der Waals surface area contributed by atoms with E-state index in [0.717, 1.165) is 0 Å². The molecule has 214 valence electrons. The van der Waals surface area contributed by atoms with E-state index < -0.39 is 61.7 Å². The van der Waals surface area contributed by atoms with E-state index in [1.807, 2.05) is 0 Å². The van der Waals surface area contributed by atoms with Crippen LogP contribution in [-0.2, 0) is 25.5 Å². The molecule has 2 heterocycles. The van der Waals surface area contributed by atoms with Crippen LogP contribution in [0.4, 0.5) is 5.82 Å². The van der Waals surface area contributed by atoms with Crippen molar-refractivity contribution in [2.75, 3.05) is 25.1 Å². The summed E-state index contributed by atoms with van der Waals surface area (Å²) in [4.78, 5) is 36.6. The Balaban J connectivity index is 1.92. The van der Waals surface area contributed by atoms with Crippen LogP contribution in [0.15, 0.2) is 36.7 Å². The molecule has 6 N–H and O–H groups in total. The largest absolute Gasteiger partial charge is 0.479 e. The fourth-order valence-electron chi connectivity index (χ4n) is 3.70. The zero-order chi connectivity index (χ0) is 29.4. The Kier molecular flexibility index (Phi) is 10.3. The SMILES string of the molecule is C#C[C@@H](O)[C@@H](O[C@@H](CO)COC(Cc1ccccc1)(C(=O)O)C(=O)O)n1cnc2c(N[C@@H](C)CO)nc(Cl)nc21. The molecule has 1 aromatic carbocycles.